The largest absolute Gasteiger partial charge is 0.347 e. The first-order valence-corrected chi connectivity index (χ1v) is 9.94. The molecule has 4 heterocycles. The quantitative estimate of drug-likeness (QED) is 0.863. The molecule has 2 unspecified atom stereocenters. The van der Waals surface area contributed by atoms with E-state index in [1.165, 1.54) is 11.3 Å². The predicted molar refractivity (Wildman–Crippen MR) is 98.4 cm³/mol. The van der Waals surface area contributed by atoms with E-state index in [0.717, 1.165) is 30.9 Å². The second kappa shape index (κ2) is 7.00. The summed E-state index contributed by atoms with van der Waals surface area (Å²) in [6.07, 6.45) is 2.36. The third-order valence-corrected chi connectivity index (χ3v) is 6.34. The molecule has 2 atom stereocenters. The van der Waals surface area contributed by atoms with Crippen molar-refractivity contribution in [3.63, 3.8) is 0 Å². The monoisotopic (exact) mass is 393 g/mol. The minimum absolute atomic E-state index is 0.0110. The van der Waals surface area contributed by atoms with E-state index in [2.05, 4.69) is 15.5 Å². The zero-order valence-corrected chi connectivity index (χ0v) is 16.0. The number of hydrogen-bond donors (Lipinski definition) is 1. The molecule has 9 heteroatoms. The van der Waals surface area contributed by atoms with Gasteiger partial charge in [-0.05, 0) is 31.9 Å². The van der Waals surface area contributed by atoms with Crippen molar-refractivity contribution < 1.29 is 9.59 Å². The number of aryl methyl sites for hydroxylation is 2. The maximum absolute atomic E-state index is 12.9. The lowest BCUT2D eigenvalue weighted by Crippen LogP contribution is -2.41. The molecule has 2 aliphatic rings. The Morgan fingerprint density at radius 3 is 2.88 bits per heavy atom. The molecule has 138 valence electrons. The number of thiophene rings is 1. The smallest absolute Gasteiger partial charge is 0.261 e. The molecular formula is C17H20ClN5O2S. The van der Waals surface area contributed by atoms with Crippen LogP contribution in [-0.4, -0.2) is 50.6 Å². The Labute approximate surface area is 160 Å². The Morgan fingerprint density at radius 1 is 1.27 bits per heavy atom. The van der Waals surface area contributed by atoms with Crippen LogP contribution >= 0.6 is 22.9 Å². The normalized spacial score (nSPS) is 22.3. The molecule has 2 amide bonds. The maximum Gasteiger partial charge on any atom is 0.261 e. The lowest BCUT2D eigenvalue weighted by molar-refractivity contribution is -0.135. The Morgan fingerprint density at radius 2 is 2.12 bits per heavy atom. The number of hydrogen-bond acceptors (Lipinski definition) is 5. The van der Waals surface area contributed by atoms with Crippen LogP contribution in [0.15, 0.2) is 12.1 Å². The lowest BCUT2D eigenvalue weighted by atomic mass is 9.98. The van der Waals surface area contributed by atoms with Gasteiger partial charge in [-0.25, -0.2) is 0 Å². The average molecular weight is 394 g/mol. The second-order valence-electron chi connectivity index (χ2n) is 6.86. The maximum atomic E-state index is 12.9. The Kier molecular flexibility index (Phi) is 4.71. The molecule has 0 radical (unpaired) electrons. The molecule has 2 aliphatic heterocycles. The molecule has 2 aromatic rings. The summed E-state index contributed by atoms with van der Waals surface area (Å²) in [6, 6.07) is 3.43. The van der Waals surface area contributed by atoms with Crippen LogP contribution in [-0.2, 0) is 17.8 Å². The van der Waals surface area contributed by atoms with Crippen molar-refractivity contribution in [1.29, 1.82) is 0 Å². The minimum atomic E-state index is -0.122. The summed E-state index contributed by atoms with van der Waals surface area (Å²) in [7, 11) is 0. The third kappa shape index (κ3) is 3.35. The number of halogens is 1. The van der Waals surface area contributed by atoms with Crippen molar-refractivity contribution in [2.45, 2.75) is 38.8 Å². The number of nitrogens with one attached hydrogen (secondary N) is 1. The van der Waals surface area contributed by atoms with Crippen molar-refractivity contribution in [3.05, 3.63) is 33.0 Å². The first-order valence-electron chi connectivity index (χ1n) is 8.75. The summed E-state index contributed by atoms with van der Waals surface area (Å²) in [5.74, 6) is 1.83. The van der Waals surface area contributed by atoms with Gasteiger partial charge < -0.3 is 14.8 Å². The van der Waals surface area contributed by atoms with E-state index in [4.69, 9.17) is 11.6 Å². The summed E-state index contributed by atoms with van der Waals surface area (Å²) in [5.41, 5.74) is 0. The van der Waals surface area contributed by atoms with Gasteiger partial charge in [0.05, 0.1) is 15.1 Å². The van der Waals surface area contributed by atoms with Crippen molar-refractivity contribution >= 4 is 34.8 Å². The van der Waals surface area contributed by atoms with E-state index in [9.17, 15) is 9.59 Å². The number of rotatable bonds is 3. The Bertz CT molecular complexity index is 848. The molecule has 0 saturated carbocycles. The minimum Gasteiger partial charge on any atom is -0.347 e. The molecule has 0 bridgehead atoms. The zero-order valence-electron chi connectivity index (χ0n) is 14.4. The summed E-state index contributed by atoms with van der Waals surface area (Å²) in [6.45, 7) is 3.81. The molecule has 0 spiro atoms. The number of aromatic nitrogens is 3. The van der Waals surface area contributed by atoms with E-state index in [0.29, 0.717) is 28.8 Å². The molecule has 1 saturated heterocycles. The van der Waals surface area contributed by atoms with E-state index in [1.807, 2.05) is 16.4 Å². The van der Waals surface area contributed by atoms with E-state index in [1.54, 1.807) is 12.1 Å². The van der Waals surface area contributed by atoms with Gasteiger partial charge in [0.1, 0.15) is 11.6 Å². The molecule has 0 aromatic carbocycles. The summed E-state index contributed by atoms with van der Waals surface area (Å²) >= 11 is 7.15. The molecule has 7 nitrogen and oxygen atoms in total. The van der Waals surface area contributed by atoms with Gasteiger partial charge in [-0.3, -0.25) is 9.59 Å². The zero-order chi connectivity index (χ0) is 18.3. The van der Waals surface area contributed by atoms with Gasteiger partial charge in [0.2, 0.25) is 5.91 Å². The molecule has 0 aliphatic carbocycles. The van der Waals surface area contributed by atoms with Gasteiger partial charge in [-0.15, -0.1) is 21.5 Å². The fourth-order valence-corrected chi connectivity index (χ4v) is 4.64. The number of carbonyl (C=O) groups excluding carboxylic acids is 2. The van der Waals surface area contributed by atoms with Crippen LogP contribution in [0.25, 0.3) is 0 Å². The Hall–Kier alpha value is -1.93. The van der Waals surface area contributed by atoms with Crippen LogP contribution in [0.5, 0.6) is 0 Å². The highest BCUT2D eigenvalue weighted by atomic mass is 35.5. The fraction of sp³-hybridized carbons (Fsp3) is 0.529. The van der Waals surface area contributed by atoms with Crippen LogP contribution in [0.3, 0.4) is 0 Å². The molecular weight excluding hydrogens is 374 g/mol. The number of nitrogens with zero attached hydrogens (tertiary/aromatic N) is 4. The molecule has 1 fully saturated rings. The standard InChI is InChI=1S/C17H20ClN5O2S/c1-10-20-21-15-5-2-11(8-23(10)15)17(25)22-7-6-12(9-22)19-16(24)13-3-4-14(18)26-13/h3-4,11-12H,2,5-9H2,1H3,(H,19,24). The van der Waals surface area contributed by atoms with Gasteiger partial charge in [-0.2, -0.15) is 0 Å². The van der Waals surface area contributed by atoms with Gasteiger partial charge in [0.25, 0.3) is 5.91 Å². The SMILES string of the molecule is Cc1nnc2n1CC(C(=O)N1CCC(NC(=O)c3ccc(Cl)s3)C1)CC2. The first kappa shape index (κ1) is 17.5. The summed E-state index contributed by atoms with van der Waals surface area (Å²) < 4.78 is 2.64. The lowest BCUT2D eigenvalue weighted by Gasteiger charge is -2.27. The second-order valence-corrected chi connectivity index (χ2v) is 8.57. The summed E-state index contributed by atoms with van der Waals surface area (Å²) in [5, 5.41) is 11.3. The molecule has 26 heavy (non-hydrogen) atoms. The van der Waals surface area contributed by atoms with Crippen LogP contribution in [0.2, 0.25) is 4.34 Å². The Balaban J connectivity index is 1.34. The van der Waals surface area contributed by atoms with Crippen LogP contribution in [0, 0.1) is 12.8 Å². The highest BCUT2D eigenvalue weighted by Crippen LogP contribution is 2.24. The van der Waals surface area contributed by atoms with Gasteiger partial charge in [0, 0.05) is 32.1 Å². The van der Waals surface area contributed by atoms with Crippen LogP contribution < -0.4 is 5.32 Å². The third-order valence-electron chi connectivity index (χ3n) is 5.11. The topological polar surface area (TPSA) is 80.1 Å². The van der Waals surface area contributed by atoms with Crippen LogP contribution in [0.4, 0.5) is 0 Å². The first-order chi connectivity index (χ1) is 12.5. The number of fused-ring (bicyclic) bond motifs is 1. The van der Waals surface area contributed by atoms with E-state index < -0.39 is 0 Å². The van der Waals surface area contributed by atoms with Crippen molar-refractivity contribution in [3.8, 4) is 0 Å². The van der Waals surface area contributed by atoms with Crippen LogP contribution in [0.1, 0.15) is 34.2 Å². The van der Waals surface area contributed by atoms with Gasteiger partial charge >= 0.3 is 0 Å². The highest BCUT2D eigenvalue weighted by Gasteiger charge is 2.34. The van der Waals surface area contributed by atoms with Crippen molar-refractivity contribution in [1.82, 2.24) is 25.0 Å². The molecule has 4 rings (SSSR count). The molecule has 2 aromatic heterocycles. The number of amides is 2. The van der Waals surface area contributed by atoms with Gasteiger partial charge in [0.15, 0.2) is 0 Å². The van der Waals surface area contributed by atoms with Crippen molar-refractivity contribution in [2.75, 3.05) is 13.1 Å². The molecule has 1 N–H and O–H groups in total. The van der Waals surface area contributed by atoms with Gasteiger partial charge in [-0.1, -0.05) is 11.6 Å². The summed E-state index contributed by atoms with van der Waals surface area (Å²) in [4.78, 5) is 27.6. The van der Waals surface area contributed by atoms with E-state index >= 15 is 0 Å². The highest BCUT2D eigenvalue weighted by molar-refractivity contribution is 7.18. The fourth-order valence-electron chi connectivity index (χ4n) is 3.69. The average Bonchev–Trinajstić information content (AvgIpc) is 3.35. The van der Waals surface area contributed by atoms with E-state index in [-0.39, 0.29) is 23.8 Å². The van der Waals surface area contributed by atoms with Crippen molar-refractivity contribution in [2.24, 2.45) is 5.92 Å². The number of carbonyl (C=O) groups is 2. The predicted octanol–water partition coefficient (Wildman–Crippen LogP) is 1.89. The number of likely N-dealkylation sites (tertiary alicyclic amines) is 1.